The SMILES string of the molecule is CC1(C)C(=O)N(C2CCC3C(CC2)C3C(=O)O)CC1COc1ccc(C#N)cn1. The summed E-state index contributed by atoms with van der Waals surface area (Å²) in [5.41, 5.74) is -0.0257. The average molecular weight is 397 g/mol. The van der Waals surface area contributed by atoms with Crippen molar-refractivity contribution in [3.63, 3.8) is 0 Å². The Labute approximate surface area is 170 Å². The van der Waals surface area contributed by atoms with E-state index >= 15 is 0 Å². The molecule has 7 heteroatoms. The Bertz CT molecular complexity index is 831. The molecule has 2 heterocycles. The van der Waals surface area contributed by atoms with Crippen LogP contribution in [0.5, 0.6) is 5.88 Å². The second-order valence-electron chi connectivity index (χ2n) is 9.18. The fourth-order valence-electron chi connectivity index (χ4n) is 5.21. The summed E-state index contributed by atoms with van der Waals surface area (Å²) < 4.78 is 5.83. The summed E-state index contributed by atoms with van der Waals surface area (Å²) in [6.45, 7) is 5.01. The number of hydrogen-bond acceptors (Lipinski definition) is 5. The number of carbonyl (C=O) groups excluding carboxylic acids is 1. The summed E-state index contributed by atoms with van der Waals surface area (Å²) in [4.78, 5) is 30.6. The van der Waals surface area contributed by atoms with E-state index in [0.29, 0.717) is 36.4 Å². The van der Waals surface area contributed by atoms with Crippen molar-refractivity contribution in [2.45, 2.75) is 45.6 Å². The van der Waals surface area contributed by atoms with E-state index in [2.05, 4.69) is 4.98 Å². The number of carboxylic acid groups (broad SMARTS) is 1. The Balaban J connectivity index is 1.37. The number of amides is 1. The topological polar surface area (TPSA) is 104 Å². The van der Waals surface area contributed by atoms with E-state index in [9.17, 15) is 14.7 Å². The predicted molar refractivity (Wildman–Crippen MR) is 104 cm³/mol. The highest BCUT2D eigenvalue weighted by Crippen LogP contribution is 2.55. The third-order valence-corrected chi connectivity index (χ3v) is 7.27. The van der Waals surface area contributed by atoms with Crippen LogP contribution in [0.2, 0.25) is 0 Å². The van der Waals surface area contributed by atoms with Gasteiger partial charge in [-0.25, -0.2) is 4.98 Å². The lowest BCUT2D eigenvalue weighted by molar-refractivity contribution is -0.140. The van der Waals surface area contributed by atoms with Gasteiger partial charge in [-0.2, -0.15) is 5.26 Å². The number of aromatic nitrogens is 1. The monoisotopic (exact) mass is 397 g/mol. The zero-order valence-corrected chi connectivity index (χ0v) is 16.9. The van der Waals surface area contributed by atoms with Crippen molar-refractivity contribution in [3.8, 4) is 11.9 Å². The summed E-state index contributed by atoms with van der Waals surface area (Å²) in [7, 11) is 0. The quantitative estimate of drug-likeness (QED) is 0.819. The molecule has 2 aliphatic carbocycles. The third kappa shape index (κ3) is 3.57. The first-order valence-corrected chi connectivity index (χ1v) is 10.4. The molecule has 1 aromatic rings. The van der Waals surface area contributed by atoms with Crippen LogP contribution in [0.1, 0.15) is 45.1 Å². The number of pyridine rings is 1. The van der Waals surface area contributed by atoms with Crippen LogP contribution in [-0.2, 0) is 9.59 Å². The van der Waals surface area contributed by atoms with Crippen molar-refractivity contribution in [3.05, 3.63) is 23.9 Å². The highest BCUT2D eigenvalue weighted by atomic mass is 16.5. The minimum absolute atomic E-state index is 0.0528. The predicted octanol–water partition coefficient (Wildman–Crippen LogP) is 2.71. The fourth-order valence-corrected chi connectivity index (χ4v) is 5.21. The smallest absolute Gasteiger partial charge is 0.307 e. The van der Waals surface area contributed by atoms with Gasteiger partial charge in [0.1, 0.15) is 6.07 Å². The highest BCUT2D eigenvalue weighted by Gasteiger charge is 2.56. The number of nitriles is 1. The maximum absolute atomic E-state index is 13.1. The molecule has 3 fully saturated rings. The lowest BCUT2D eigenvalue weighted by atomic mass is 9.82. The molecule has 1 saturated heterocycles. The molecule has 3 atom stereocenters. The zero-order valence-electron chi connectivity index (χ0n) is 16.9. The van der Waals surface area contributed by atoms with Crippen molar-refractivity contribution < 1.29 is 19.4 Å². The van der Waals surface area contributed by atoms with E-state index in [0.717, 1.165) is 25.7 Å². The molecule has 1 N–H and O–H groups in total. The molecular formula is C22H27N3O4. The van der Waals surface area contributed by atoms with E-state index in [-0.39, 0.29) is 23.8 Å². The number of carbonyl (C=O) groups is 2. The van der Waals surface area contributed by atoms with Crippen LogP contribution in [0, 0.1) is 40.4 Å². The molecular weight excluding hydrogens is 370 g/mol. The van der Waals surface area contributed by atoms with Crippen LogP contribution >= 0.6 is 0 Å². The fraction of sp³-hybridized carbons (Fsp3) is 0.636. The Hall–Kier alpha value is -2.62. The van der Waals surface area contributed by atoms with Gasteiger partial charge in [-0.1, -0.05) is 13.8 Å². The van der Waals surface area contributed by atoms with Crippen LogP contribution in [-0.4, -0.2) is 46.1 Å². The Morgan fingerprint density at radius 2 is 2.00 bits per heavy atom. The van der Waals surface area contributed by atoms with Crippen molar-refractivity contribution in [1.82, 2.24) is 9.88 Å². The number of ether oxygens (including phenoxy) is 1. The largest absolute Gasteiger partial charge is 0.481 e. The first-order valence-electron chi connectivity index (χ1n) is 10.4. The summed E-state index contributed by atoms with van der Waals surface area (Å²) in [5, 5.41) is 18.1. The normalized spacial score (nSPS) is 32.8. The molecule has 0 bridgehead atoms. The first-order chi connectivity index (χ1) is 13.8. The molecule has 0 spiro atoms. The van der Waals surface area contributed by atoms with E-state index in [1.165, 1.54) is 6.20 Å². The summed E-state index contributed by atoms with van der Waals surface area (Å²) in [6, 6.07) is 5.57. The molecule has 4 rings (SSSR count). The molecule has 1 aromatic heterocycles. The summed E-state index contributed by atoms with van der Waals surface area (Å²) in [5.74, 6) is 0.439. The molecule has 7 nitrogen and oxygen atoms in total. The number of rotatable bonds is 5. The second-order valence-corrected chi connectivity index (χ2v) is 9.18. The van der Waals surface area contributed by atoms with Crippen molar-refractivity contribution in [1.29, 1.82) is 5.26 Å². The minimum atomic E-state index is -0.662. The molecule has 3 unspecified atom stereocenters. The number of fused-ring (bicyclic) bond motifs is 1. The van der Waals surface area contributed by atoms with Crippen molar-refractivity contribution >= 4 is 11.9 Å². The van der Waals surface area contributed by atoms with E-state index in [1.807, 2.05) is 24.8 Å². The number of carboxylic acids is 1. The van der Waals surface area contributed by atoms with E-state index < -0.39 is 11.4 Å². The number of nitrogens with zero attached hydrogens (tertiary/aromatic N) is 3. The summed E-state index contributed by atoms with van der Waals surface area (Å²) in [6.07, 6.45) is 5.04. The number of aliphatic carboxylic acids is 1. The van der Waals surface area contributed by atoms with Gasteiger partial charge in [0.2, 0.25) is 11.8 Å². The van der Waals surface area contributed by atoms with Gasteiger partial charge in [0.25, 0.3) is 0 Å². The third-order valence-electron chi connectivity index (χ3n) is 7.27. The Morgan fingerprint density at radius 1 is 1.31 bits per heavy atom. The van der Waals surface area contributed by atoms with Crippen LogP contribution in [0.3, 0.4) is 0 Å². The van der Waals surface area contributed by atoms with Gasteiger partial charge < -0.3 is 14.7 Å². The molecule has 3 aliphatic rings. The Kier molecular flexibility index (Phi) is 4.97. The minimum Gasteiger partial charge on any atom is -0.481 e. The van der Waals surface area contributed by atoms with Crippen LogP contribution in [0.15, 0.2) is 18.3 Å². The van der Waals surface area contributed by atoms with Gasteiger partial charge in [0, 0.05) is 30.8 Å². The molecule has 29 heavy (non-hydrogen) atoms. The van der Waals surface area contributed by atoms with Crippen molar-refractivity contribution in [2.24, 2.45) is 29.1 Å². The molecule has 0 aromatic carbocycles. The van der Waals surface area contributed by atoms with Crippen molar-refractivity contribution in [2.75, 3.05) is 13.2 Å². The molecule has 1 amide bonds. The first kappa shape index (κ1) is 19.7. The highest BCUT2D eigenvalue weighted by molar-refractivity contribution is 5.85. The van der Waals surface area contributed by atoms with Gasteiger partial charge >= 0.3 is 5.97 Å². The van der Waals surface area contributed by atoms with Gasteiger partial charge in [-0.15, -0.1) is 0 Å². The molecule has 154 valence electrons. The number of hydrogen-bond donors (Lipinski definition) is 1. The standard InChI is InChI=1S/C22H27N3O4/c1-22(2)14(12-29-18-8-3-13(9-23)10-24-18)11-25(21(22)28)15-4-6-16-17(7-5-15)19(16)20(26)27/h3,8,10,14-17,19H,4-7,11-12H2,1-2H3,(H,26,27). The van der Waals surface area contributed by atoms with Crippen LogP contribution in [0.25, 0.3) is 0 Å². The molecule has 2 saturated carbocycles. The molecule has 1 aliphatic heterocycles. The Morgan fingerprint density at radius 3 is 2.55 bits per heavy atom. The summed E-state index contributed by atoms with van der Waals surface area (Å²) >= 11 is 0. The van der Waals surface area contributed by atoms with E-state index in [1.54, 1.807) is 12.1 Å². The maximum Gasteiger partial charge on any atom is 0.307 e. The second kappa shape index (κ2) is 7.33. The van der Waals surface area contributed by atoms with Crippen LogP contribution < -0.4 is 4.74 Å². The average Bonchev–Trinajstić information content (AvgIpc) is 3.39. The lowest BCUT2D eigenvalue weighted by Gasteiger charge is -2.29. The maximum atomic E-state index is 13.1. The zero-order chi connectivity index (χ0) is 20.8. The van der Waals surface area contributed by atoms with Gasteiger partial charge in [-0.3, -0.25) is 9.59 Å². The van der Waals surface area contributed by atoms with Crippen LogP contribution in [0.4, 0.5) is 0 Å². The van der Waals surface area contributed by atoms with Gasteiger partial charge in [0.05, 0.1) is 23.5 Å². The van der Waals surface area contributed by atoms with Gasteiger partial charge in [0.15, 0.2) is 0 Å². The molecule has 0 radical (unpaired) electrons. The number of likely N-dealkylation sites (tertiary alicyclic amines) is 1. The van der Waals surface area contributed by atoms with Gasteiger partial charge in [-0.05, 0) is 43.6 Å². The lowest BCUT2D eigenvalue weighted by Crippen LogP contribution is -2.39. The van der Waals surface area contributed by atoms with E-state index in [4.69, 9.17) is 10.00 Å².